The van der Waals surface area contributed by atoms with Gasteiger partial charge >= 0.3 is 30.2 Å². The van der Waals surface area contributed by atoms with Gasteiger partial charge in [-0.25, -0.2) is 34.8 Å². The van der Waals surface area contributed by atoms with Crippen molar-refractivity contribution < 1.29 is 77.8 Å². The predicted octanol–water partition coefficient (Wildman–Crippen LogP) is 6.73. The molecule has 7 aliphatic rings. The lowest BCUT2D eigenvalue weighted by Gasteiger charge is -2.27. The molecule has 5 fully saturated rings. The molecule has 28 nitrogen and oxygen atoms in total. The predicted molar refractivity (Wildman–Crippen MR) is 393 cm³/mol. The number of carbonyl (C=O) groups is 10. The summed E-state index contributed by atoms with van der Waals surface area (Å²) in [6, 6.07) is 28.8. The highest BCUT2D eigenvalue weighted by molar-refractivity contribution is 6.62. The van der Waals surface area contributed by atoms with E-state index >= 15 is 0 Å². The number of amides is 10. The van der Waals surface area contributed by atoms with Crippen molar-refractivity contribution in [1.29, 1.82) is 0 Å². The summed E-state index contributed by atoms with van der Waals surface area (Å²) < 4.78 is 11.2. The number of aliphatic carboxylic acids is 1. The Bertz CT molecular complexity index is 3570. The molecule has 0 bridgehead atoms. The summed E-state index contributed by atoms with van der Waals surface area (Å²) >= 11 is 4.64. The molecule has 570 valence electrons. The Morgan fingerprint density at radius 2 is 0.952 bits per heavy atom. The molecular weight excluding hydrogens is 1370 g/mol. The molecule has 4 aromatic rings. The van der Waals surface area contributed by atoms with Crippen molar-refractivity contribution in [2.45, 2.75) is 171 Å². The Hall–Kier alpha value is -9.22. The molecule has 0 aromatic heterocycles. The Kier molecular flexibility index (Phi) is 31.3. The van der Waals surface area contributed by atoms with E-state index in [0.717, 1.165) is 114 Å². The molecule has 10 amide bonds. The maximum absolute atomic E-state index is 13.3. The van der Waals surface area contributed by atoms with E-state index < -0.39 is 60.4 Å². The number of likely N-dealkylation sites (tertiary alicyclic amines) is 2. The van der Waals surface area contributed by atoms with Crippen LogP contribution >= 0.6 is 11.6 Å². The zero-order valence-corrected chi connectivity index (χ0v) is 61.1. The van der Waals surface area contributed by atoms with Crippen LogP contribution < -0.4 is 48.2 Å². The molecule has 3 saturated carbocycles. The summed E-state index contributed by atoms with van der Waals surface area (Å²) in [6.07, 6.45) is 8.27. The third-order valence-corrected chi connectivity index (χ3v) is 20.7. The summed E-state index contributed by atoms with van der Waals surface area (Å²) in [7, 11) is 3.32. The Labute approximate surface area is 617 Å². The lowest BCUT2D eigenvalue weighted by atomic mass is 9.81. The molecule has 0 radical (unpaired) electrons. The number of carboxylic acid groups (broad SMARTS) is 1. The number of ether oxygens (including phenoxy) is 2. The molecule has 0 spiro atoms. The highest BCUT2D eigenvalue weighted by atomic mass is 35.5. The van der Waals surface area contributed by atoms with Gasteiger partial charge < -0.3 is 61.8 Å². The minimum atomic E-state index is -1.13. The van der Waals surface area contributed by atoms with Crippen LogP contribution in [0.1, 0.15) is 151 Å². The monoisotopic (exact) mass is 1470 g/mol. The maximum Gasteiger partial charge on any atom is 0.410 e. The molecule has 4 aromatic carbocycles. The van der Waals surface area contributed by atoms with E-state index in [1.54, 1.807) is 14.1 Å². The first-order chi connectivity index (χ1) is 50.5. The van der Waals surface area contributed by atoms with Crippen molar-refractivity contribution >= 4 is 76.9 Å². The van der Waals surface area contributed by atoms with Crippen molar-refractivity contribution in [1.82, 2.24) is 58.0 Å². The highest BCUT2D eigenvalue weighted by Crippen LogP contribution is 2.46. The fourth-order valence-corrected chi connectivity index (χ4v) is 14.9. The fraction of sp³-hybridized carbons (Fsp3) is 0.539. The number of hydrogen-bond donors (Lipinski definition) is 13. The summed E-state index contributed by atoms with van der Waals surface area (Å²) in [4.78, 5) is 122. The molecule has 0 unspecified atom stereocenters. The summed E-state index contributed by atoms with van der Waals surface area (Å²) in [5.74, 6) is -0.876. The number of urea groups is 2. The summed E-state index contributed by atoms with van der Waals surface area (Å²) in [6.45, 7) is 6.86. The number of β-amino-alcohol motifs (C(OH)–C–C–N with tert-alkyl or cyclic N) is 2. The number of nitrogens with zero attached hydrogens (tertiary/aromatic N) is 3. The molecule has 29 heteroatoms. The molecule has 105 heavy (non-hydrogen) atoms. The number of aliphatic hydroxyl groups excluding tert-OH is 3. The van der Waals surface area contributed by atoms with Crippen molar-refractivity contribution in [2.75, 3.05) is 60.0 Å². The normalized spacial score (nSPS) is 23.2. The second kappa shape index (κ2) is 40.3. The quantitative estimate of drug-likeness (QED) is 0.0220. The first-order valence-electron chi connectivity index (χ1n) is 36.5. The number of hydrogen-bond acceptors (Lipinski definition) is 17. The Morgan fingerprint density at radius 3 is 1.36 bits per heavy atom. The van der Waals surface area contributed by atoms with E-state index in [4.69, 9.17) is 9.47 Å². The first kappa shape index (κ1) is 81.4. The van der Waals surface area contributed by atoms with Crippen LogP contribution in [0.5, 0.6) is 0 Å². The number of carboxylic acids is 1. The molecule has 8 atom stereocenters. The van der Waals surface area contributed by atoms with Crippen LogP contribution in [0.25, 0.3) is 22.3 Å². The smallest absolute Gasteiger partial charge is 0.410 e. The standard InChI is InChI=1S/C34H44N6O6.C20H37N5O4.C20H19NO5.C2H3ClO/c1-3-23(18-37-39-33(44)36-17-21-12-14-22(15-13-21)31(42)35-2)38-32(43)30-16-24(41)19-40(30)34(45)46-20-29-27-10-6-4-8-25(27)26-9-5-7-11-28(26)29;1-3-16(24-19(28)15-8-9-17(26)10-15)12-23-25-20(29)22-11-13-4-6-14(7-5-13)18(27)21-2;22-12-9-18(19(23)24)21(10-12)20(25)26-11-17-15-7-3-1-5-13(15)14-6-2-4-8-16(14)17;1-2(3)4/h4-11,18,21-24,29-30,41H,3,12-17,19-20H2,1-2H3,(H,35,42)(H,38,43)(H2,36,39,44);13-17,23,26H,3-12H2,1-2H3,(H,21,27)(H,24,28)(H2,22,25,29);1-8,12,17-18,22H,9-11H2,(H,23,24);1H3/b37-18+;;;/t21?,22?,23-,24+,30-;13?,14?,15-,16-,17-;12-,18+;/m001./s1. The third-order valence-electron chi connectivity index (χ3n) is 20.7. The number of hydrazone groups is 1. The topological polar surface area (TPSA) is 397 Å². The number of aliphatic hydroxyl groups is 3. The van der Waals surface area contributed by atoms with Crippen LogP contribution in [0.3, 0.4) is 0 Å². The number of rotatable bonds is 22. The van der Waals surface area contributed by atoms with Gasteiger partial charge in [0.25, 0.3) is 0 Å². The van der Waals surface area contributed by atoms with E-state index in [1.165, 1.54) is 18.0 Å². The van der Waals surface area contributed by atoms with Gasteiger partial charge in [0.05, 0.1) is 37.4 Å². The van der Waals surface area contributed by atoms with E-state index in [2.05, 4.69) is 77.0 Å². The zero-order chi connectivity index (χ0) is 75.7. The second-order valence-electron chi connectivity index (χ2n) is 27.8. The van der Waals surface area contributed by atoms with Crippen molar-refractivity contribution in [3.8, 4) is 22.3 Å². The molecule has 13 N–H and O–H groups in total. The Morgan fingerprint density at radius 1 is 0.533 bits per heavy atom. The van der Waals surface area contributed by atoms with Gasteiger partial charge in [-0.2, -0.15) is 5.10 Å². The van der Waals surface area contributed by atoms with Gasteiger partial charge in [0.1, 0.15) is 25.3 Å². The van der Waals surface area contributed by atoms with E-state index in [-0.39, 0.29) is 110 Å². The number of nitrogens with one attached hydrogen (secondary N) is 9. The lowest BCUT2D eigenvalue weighted by molar-refractivity contribution is -0.141. The van der Waals surface area contributed by atoms with Crippen molar-refractivity contribution in [3.05, 3.63) is 119 Å². The van der Waals surface area contributed by atoms with Gasteiger partial charge in [-0.05, 0) is 151 Å². The number of carbonyl (C=O) groups excluding carboxylic acids is 9. The van der Waals surface area contributed by atoms with Crippen LogP contribution in [-0.2, 0) is 38.2 Å². The molecule has 2 heterocycles. The van der Waals surface area contributed by atoms with Crippen molar-refractivity contribution in [3.63, 3.8) is 0 Å². The number of hydrazine groups is 1. The molecule has 2 aliphatic heterocycles. The first-order valence-corrected chi connectivity index (χ1v) is 36.9. The Balaban J connectivity index is 0.000000204. The van der Waals surface area contributed by atoms with Crippen LogP contribution in [0, 0.1) is 29.6 Å². The van der Waals surface area contributed by atoms with Gasteiger partial charge in [-0.1, -0.05) is 111 Å². The molecular formula is C76H103ClN12O16. The van der Waals surface area contributed by atoms with Gasteiger partial charge in [0.15, 0.2) is 0 Å². The van der Waals surface area contributed by atoms with Crippen LogP contribution in [0.4, 0.5) is 19.2 Å². The van der Waals surface area contributed by atoms with Gasteiger partial charge in [-0.15, -0.1) is 0 Å². The van der Waals surface area contributed by atoms with Gasteiger partial charge in [0.2, 0.25) is 28.9 Å². The summed E-state index contributed by atoms with van der Waals surface area (Å²) in [5.41, 5.74) is 16.8. The second-order valence-corrected chi connectivity index (χ2v) is 28.3. The SMILES string of the molecule is CC(=O)Cl.CC[C@@H](/C=N/NC(=O)NCC1CCC(C(=O)NC)CC1)NC(=O)[C@@H]1C[C@@H](O)CN1C(=O)OCC1c2ccccc2-c2ccccc21.CC[C@@H](CNNC(=O)NCC1CCC(C(=O)NC)CC1)NC(=O)[C@H]1CC[C@H](O)C1.O=C(O)[C@@H]1C[C@@H](O)CN1C(=O)OCC1c2ccccc2-c2ccccc21. The van der Waals surface area contributed by atoms with Gasteiger partial charge in [0, 0.05) is 95.3 Å². The van der Waals surface area contributed by atoms with Crippen LogP contribution in [0.15, 0.2) is 102 Å². The van der Waals surface area contributed by atoms with Gasteiger partial charge in [-0.3, -0.25) is 39.2 Å². The molecule has 5 aliphatic carbocycles. The average molecular weight is 1480 g/mol. The summed E-state index contributed by atoms with van der Waals surface area (Å²) in [5, 5.41) is 59.4. The third kappa shape index (κ3) is 23.1. The zero-order valence-electron chi connectivity index (χ0n) is 60.4. The fourth-order valence-electron chi connectivity index (χ4n) is 14.9. The van der Waals surface area contributed by atoms with Crippen molar-refractivity contribution in [2.24, 2.45) is 34.7 Å². The molecule has 11 rings (SSSR count). The minimum absolute atomic E-state index is 0.00514. The average Bonchev–Trinajstić information content (AvgIpc) is 1.62. The van der Waals surface area contributed by atoms with Crippen LogP contribution in [-0.4, -0.2) is 198 Å². The number of benzene rings is 4. The number of fused-ring (bicyclic) bond motifs is 6. The largest absolute Gasteiger partial charge is 0.480 e. The van der Waals surface area contributed by atoms with Crippen LogP contribution in [0.2, 0.25) is 0 Å². The lowest BCUT2D eigenvalue weighted by Crippen LogP contribution is -2.51. The molecule has 2 saturated heterocycles. The van der Waals surface area contributed by atoms with E-state index in [9.17, 15) is 68.4 Å². The maximum atomic E-state index is 13.3. The number of halogens is 1. The van der Waals surface area contributed by atoms with E-state index in [1.807, 2.05) is 98.8 Å². The highest BCUT2D eigenvalue weighted by Gasteiger charge is 2.43. The van der Waals surface area contributed by atoms with E-state index in [0.29, 0.717) is 50.7 Å². The minimum Gasteiger partial charge on any atom is -0.480 e.